The fourth-order valence-electron chi connectivity index (χ4n) is 2.29. The molecule has 0 fully saturated rings. The van der Waals surface area contributed by atoms with E-state index in [1.165, 1.54) is 5.56 Å². The summed E-state index contributed by atoms with van der Waals surface area (Å²) >= 11 is 0. The van der Waals surface area contributed by atoms with Crippen LogP contribution in [-0.2, 0) is 16.0 Å². The first kappa shape index (κ1) is 11.6. The van der Waals surface area contributed by atoms with E-state index in [1.807, 2.05) is 18.2 Å². The van der Waals surface area contributed by atoms with Gasteiger partial charge in [0, 0.05) is 0 Å². The number of carbonyl (C=O) groups is 2. The Labute approximate surface area is 99.6 Å². The van der Waals surface area contributed by atoms with E-state index in [0.29, 0.717) is 0 Å². The van der Waals surface area contributed by atoms with E-state index in [-0.39, 0.29) is 6.04 Å². The smallest absolute Gasteiger partial charge is 0.312 e. The van der Waals surface area contributed by atoms with Gasteiger partial charge in [-0.05, 0) is 30.4 Å². The third-order valence-corrected chi connectivity index (χ3v) is 3.02. The van der Waals surface area contributed by atoms with Crippen LogP contribution in [0.2, 0.25) is 0 Å². The molecular formula is C13H15NO3. The van der Waals surface area contributed by atoms with Gasteiger partial charge in [0.2, 0.25) is 5.91 Å². The summed E-state index contributed by atoms with van der Waals surface area (Å²) in [6.07, 6.45) is 2.47. The van der Waals surface area contributed by atoms with Crippen molar-refractivity contribution in [2.24, 2.45) is 0 Å². The molecule has 1 aromatic carbocycles. The minimum Gasteiger partial charge on any atom is -0.481 e. The summed E-state index contributed by atoms with van der Waals surface area (Å²) in [6.45, 7) is 0. The molecular weight excluding hydrogens is 218 g/mol. The Balaban J connectivity index is 2.08. The van der Waals surface area contributed by atoms with Gasteiger partial charge in [-0.2, -0.15) is 0 Å². The minimum absolute atomic E-state index is 0.0354. The van der Waals surface area contributed by atoms with E-state index in [2.05, 4.69) is 11.4 Å². The molecule has 0 aromatic heterocycles. The maximum absolute atomic E-state index is 11.4. The van der Waals surface area contributed by atoms with Crippen molar-refractivity contribution in [3.05, 3.63) is 35.4 Å². The molecule has 1 aromatic rings. The summed E-state index contributed by atoms with van der Waals surface area (Å²) < 4.78 is 0. The number of benzene rings is 1. The van der Waals surface area contributed by atoms with Gasteiger partial charge in [0.1, 0.15) is 6.42 Å². The van der Waals surface area contributed by atoms with Crippen molar-refractivity contribution < 1.29 is 14.7 Å². The Morgan fingerprint density at radius 2 is 2.12 bits per heavy atom. The first-order valence-electron chi connectivity index (χ1n) is 5.76. The summed E-state index contributed by atoms with van der Waals surface area (Å²) in [4.78, 5) is 21.9. The Hall–Kier alpha value is -1.84. The number of hydrogen-bond acceptors (Lipinski definition) is 2. The molecule has 0 saturated carbocycles. The Morgan fingerprint density at radius 1 is 1.35 bits per heavy atom. The van der Waals surface area contributed by atoms with Crippen molar-refractivity contribution >= 4 is 11.9 Å². The van der Waals surface area contributed by atoms with E-state index in [4.69, 9.17) is 5.11 Å². The molecule has 1 unspecified atom stereocenters. The van der Waals surface area contributed by atoms with Crippen LogP contribution in [0.15, 0.2) is 24.3 Å². The molecule has 1 aliphatic rings. The molecule has 0 bridgehead atoms. The van der Waals surface area contributed by atoms with Crippen LogP contribution in [0.5, 0.6) is 0 Å². The molecule has 17 heavy (non-hydrogen) atoms. The molecule has 2 rings (SSSR count). The van der Waals surface area contributed by atoms with E-state index >= 15 is 0 Å². The average molecular weight is 233 g/mol. The second-order valence-electron chi connectivity index (χ2n) is 4.28. The lowest BCUT2D eigenvalue weighted by Crippen LogP contribution is -2.32. The van der Waals surface area contributed by atoms with Crippen LogP contribution in [0.4, 0.5) is 0 Å². The number of hydrogen-bond donors (Lipinski definition) is 2. The number of carboxylic acids is 1. The van der Waals surface area contributed by atoms with Crippen LogP contribution in [0.1, 0.15) is 36.4 Å². The predicted octanol–water partition coefficient (Wildman–Crippen LogP) is 1.65. The fourth-order valence-corrected chi connectivity index (χ4v) is 2.29. The second-order valence-corrected chi connectivity index (χ2v) is 4.28. The second kappa shape index (κ2) is 4.99. The highest BCUT2D eigenvalue weighted by Gasteiger charge is 2.21. The topological polar surface area (TPSA) is 66.4 Å². The number of carboxylic acid groups (broad SMARTS) is 1. The molecule has 0 spiro atoms. The summed E-state index contributed by atoms with van der Waals surface area (Å²) in [7, 11) is 0. The molecule has 90 valence electrons. The van der Waals surface area contributed by atoms with E-state index < -0.39 is 18.3 Å². The van der Waals surface area contributed by atoms with E-state index in [0.717, 1.165) is 24.8 Å². The quantitative estimate of drug-likeness (QED) is 0.780. The van der Waals surface area contributed by atoms with Crippen molar-refractivity contribution in [1.82, 2.24) is 5.32 Å². The average Bonchev–Trinajstić information content (AvgIpc) is 2.28. The summed E-state index contributed by atoms with van der Waals surface area (Å²) in [5.74, 6) is -1.51. The molecule has 0 radical (unpaired) electrons. The van der Waals surface area contributed by atoms with Crippen molar-refractivity contribution in [2.75, 3.05) is 0 Å². The monoisotopic (exact) mass is 233 g/mol. The van der Waals surface area contributed by atoms with Gasteiger partial charge in [0.25, 0.3) is 0 Å². The minimum atomic E-state index is -1.09. The van der Waals surface area contributed by atoms with Crippen molar-refractivity contribution in [3.63, 3.8) is 0 Å². The van der Waals surface area contributed by atoms with Crippen molar-refractivity contribution in [1.29, 1.82) is 0 Å². The molecule has 0 saturated heterocycles. The molecule has 4 heteroatoms. The lowest BCUT2D eigenvalue weighted by Gasteiger charge is -2.26. The van der Waals surface area contributed by atoms with Gasteiger partial charge >= 0.3 is 5.97 Å². The van der Waals surface area contributed by atoms with Gasteiger partial charge < -0.3 is 10.4 Å². The molecule has 0 aliphatic heterocycles. The zero-order chi connectivity index (χ0) is 12.3. The lowest BCUT2D eigenvalue weighted by atomic mass is 9.88. The maximum atomic E-state index is 11.4. The van der Waals surface area contributed by atoms with Gasteiger partial charge in [-0.1, -0.05) is 24.3 Å². The normalized spacial score (nSPS) is 18.2. The standard InChI is InChI=1S/C13H15NO3/c15-12(8-13(16)17)14-11-7-3-5-9-4-1-2-6-10(9)11/h1-2,4,6,11H,3,5,7-8H2,(H,14,15)(H,16,17). The van der Waals surface area contributed by atoms with Crippen LogP contribution < -0.4 is 5.32 Å². The number of aliphatic carboxylic acids is 1. The maximum Gasteiger partial charge on any atom is 0.312 e. The Bertz CT molecular complexity index is 442. The van der Waals surface area contributed by atoms with Gasteiger partial charge in [-0.25, -0.2) is 0 Å². The van der Waals surface area contributed by atoms with E-state index in [9.17, 15) is 9.59 Å². The number of fused-ring (bicyclic) bond motifs is 1. The predicted molar refractivity (Wildman–Crippen MR) is 62.5 cm³/mol. The number of nitrogens with one attached hydrogen (secondary N) is 1. The highest BCUT2D eigenvalue weighted by Crippen LogP contribution is 2.29. The largest absolute Gasteiger partial charge is 0.481 e. The molecule has 4 nitrogen and oxygen atoms in total. The molecule has 0 heterocycles. The van der Waals surface area contributed by atoms with Crippen molar-refractivity contribution in [2.45, 2.75) is 31.7 Å². The van der Waals surface area contributed by atoms with Crippen LogP contribution >= 0.6 is 0 Å². The van der Waals surface area contributed by atoms with Crippen LogP contribution in [0.3, 0.4) is 0 Å². The van der Waals surface area contributed by atoms with Crippen LogP contribution in [-0.4, -0.2) is 17.0 Å². The first-order valence-corrected chi connectivity index (χ1v) is 5.76. The number of amides is 1. The third kappa shape index (κ3) is 2.84. The molecule has 1 aliphatic carbocycles. The van der Waals surface area contributed by atoms with Gasteiger partial charge in [-0.15, -0.1) is 0 Å². The Morgan fingerprint density at radius 3 is 2.88 bits per heavy atom. The highest BCUT2D eigenvalue weighted by molar-refractivity contribution is 5.93. The van der Waals surface area contributed by atoms with Crippen LogP contribution in [0, 0.1) is 0 Å². The van der Waals surface area contributed by atoms with Gasteiger partial charge in [0.05, 0.1) is 6.04 Å². The highest BCUT2D eigenvalue weighted by atomic mass is 16.4. The number of rotatable bonds is 3. The SMILES string of the molecule is O=C(O)CC(=O)NC1CCCc2ccccc21. The molecule has 1 atom stereocenters. The number of carbonyl (C=O) groups excluding carboxylic acids is 1. The van der Waals surface area contributed by atoms with Crippen LogP contribution in [0.25, 0.3) is 0 Å². The zero-order valence-corrected chi connectivity index (χ0v) is 9.48. The fraction of sp³-hybridized carbons (Fsp3) is 0.385. The third-order valence-electron chi connectivity index (χ3n) is 3.02. The lowest BCUT2D eigenvalue weighted by molar-refractivity contribution is -0.140. The van der Waals surface area contributed by atoms with Gasteiger partial charge in [-0.3, -0.25) is 9.59 Å². The molecule has 2 N–H and O–H groups in total. The van der Waals surface area contributed by atoms with Gasteiger partial charge in [0.15, 0.2) is 0 Å². The Kier molecular flexibility index (Phi) is 3.42. The summed E-state index contributed by atoms with van der Waals surface area (Å²) in [6, 6.07) is 7.96. The first-order chi connectivity index (χ1) is 8.16. The zero-order valence-electron chi connectivity index (χ0n) is 9.48. The van der Waals surface area contributed by atoms with E-state index in [1.54, 1.807) is 0 Å². The number of aryl methyl sites for hydroxylation is 1. The molecule has 1 amide bonds. The summed E-state index contributed by atoms with van der Waals surface area (Å²) in [5.41, 5.74) is 2.37. The van der Waals surface area contributed by atoms with Crippen molar-refractivity contribution in [3.8, 4) is 0 Å². The summed E-state index contributed by atoms with van der Waals surface area (Å²) in [5, 5.41) is 11.3.